The lowest BCUT2D eigenvalue weighted by molar-refractivity contribution is -0.305. The summed E-state index contributed by atoms with van der Waals surface area (Å²) in [5.41, 5.74) is 2.93. The number of carbonyl (C=O) groups excluding carboxylic acids is 2. The van der Waals surface area contributed by atoms with Crippen LogP contribution in [0.3, 0.4) is 0 Å². The Morgan fingerprint density at radius 1 is 1.36 bits per heavy atom. The molecule has 1 saturated heterocycles. The third kappa shape index (κ3) is 4.17. The summed E-state index contributed by atoms with van der Waals surface area (Å²) in [6, 6.07) is 7.93. The Balaban J connectivity index is 2.13. The second-order valence-corrected chi connectivity index (χ2v) is 6.03. The Labute approximate surface area is 132 Å². The normalized spacial score (nSPS) is 20.3. The summed E-state index contributed by atoms with van der Waals surface area (Å²) >= 11 is 1.06. The van der Waals surface area contributed by atoms with Gasteiger partial charge in [-0.05, 0) is 18.9 Å². The highest BCUT2D eigenvalue weighted by atomic mass is 32.2. The van der Waals surface area contributed by atoms with Crippen molar-refractivity contribution in [2.75, 3.05) is 0 Å². The molecule has 0 aromatic heterocycles. The van der Waals surface area contributed by atoms with Crippen LogP contribution in [0, 0.1) is 6.92 Å². The van der Waals surface area contributed by atoms with E-state index in [-0.39, 0.29) is 12.3 Å². The molecule has 0 aliphatic carbocycles. The molecule has 1 amide bonds. The van der Waals surface area contributed by atoms with Gasteiger partial charge in [-0.15, -0.1) is 5.10 Å². The smallest absolute Gasteiger partial charge is 0.239 e. The number of carboxylic acid groups (broad SMARTS) is 1. The SMILES string of the molecule is CC/C(=N/N=C1/NC(=O)[C@@H](CC(=O)[O-])S1)c1ccc(C)cc1. The van der Waals surface area contributed by atoms with Gasteiger partial charge in [-0.25, -0.2) is 0 Å². The van der Waals surface area contributed by atoms with Gasteiger partial charge < -0.3 is 15.2 Å². The van der Waals surface area contributed by atoms with Crippen LogP contribution in [0.5, 0.6) is 0 Å². The lowest BCUT2D eigenvalue weighted by atomic mass is 10.1. The minimum atomic E-state index is -1.26. The molecule has 1 aliphatic rings. The second-order valence-electron chi connectivity index (χ2n) is 4.84. The van der Waals surface area contributed by atoms with Crippen molar-refractivity contribution in [3.05, 3.63) is 35.4 Å². The summed E-state index contributed by atoms with van der Waals surface area (Å²) in [5, 5.41) is 20.9. The number of thioether (sulfide) groups is 1. The van der Waals surface area contributed by atoms with E-state index in [1.165, 1.54) is 0 Å². The van der Waals surface area contributed by atoms with Crippen LogP contribution in [0.2, 0.25) is 0 Å². The van der Waals surface area contributed by atoms with Gasteiger partial charge in [0, 0.05) is 12.4 Å². The van der Waals surface area contributed by atoms with E-state index in [1.54, 1.807) is 0 Å². The van der Waals surface area contributed by atoms with Crippen LogP contribution in [0.15, 0.2) is 34.5 Å². The minimum Gasteiger partial charge on any atom is -0.550 e. The van der Waals surface area contributed by atoms with Crippen LogP contribution in [0.4, 0.5) is 0 Å². The summed E-state index contributed by atoms with van der Waals surface area (Å²) in [6.45, 7) is 3.98. The Morgan fingerprint density at radius 2 is 2.05 bits per heavy atom. The molecule has 0 bridgehead atoms. The molecule has 1 N–H and O–H groups in total. The average Bonchev–Trinajstić information content (AvgIpc) is 2.81. The molecule has 1 fully saturated rings. The molecule has 1 heterocycles. The number of carboxylic acids is 1. The first-order chi connectivity index (χ1) is 10.5. The Hall–Kier alpha value is -2.15. The molecule has 7 heteroatoms. The molecule has 0 radical (unpaired) electrons. The fraction of sp³-hybridized carbons (Fsp3) is 0.333. The molecule has 1 atom stereocenters. The van der Waals surface area contributed by atoms with Crippen molar-refractivity contribution in [1.82, 2.24) is 5.32 Å². The maximum Gasteiger partial charge on any atom is 0.239 e. The van der Waals surface area contributed by atoms with Gasteiger partial charge in [0.2, 0.25) is 5.91 Å². The highest BCUT2D eigenvalue weighted by Crippen LogP contribution is 2.22. The van der Waals surface area contributed by atoms with Crippen molar-refractivity contribution in [2.45, 2.75) is 31.9 Å². The number of hydrogen-bond donors (Lipinski definition) is 1. The van der Waals surface area contributed by atoms with Crippen molar-refractivity contribution in [3.8, 4) is 0 Å². The number of rotatable bonds is 5. The van der Waals surface area contributed by atoms with E-state index in [4.69, 9.17) is 0 Å². The van der Waals surface area contributed by atoms with Gasteiger partial charge in [-0.3, -0.25) is 4.79 Å². The summed E-state index contributed by atoms with van der Waals surface area (Å²) in [5.74, 6) is -1.64. The number of amides is 1. The predicted molar refractivity (Wildman–Crippen MR) is 84.6 cm³/mol. The maximum absolute atomic E-state index is 11.6. The van der Waals surface area contributed by atoms with Gasteiger partial charge >= 0.3 is 0 Å². The molecule has 1 aromatic carbocycles. The van der Waals surface area contributed by atoms with Gasteiger partial charge in [0.1, 0.15) is 0 Å². The van der Waals surface area contributed by atoms with E-state index in [1.807, 2.05) is 38.1 Å². The Bertz CT molecular complexity index is 638. The number of nitrogens with zero attached hydrogens (tertiary/aromatic N) is 2. The molecular weight excluding hydrogens is 302 g/mol. The largest absolute Gasteiger partial charge is 0.550 e. The van der Waals surface area contributed by atoms with E-state index in [0.29, 0.717) is 11.6 Å². The quantitative estimate of drug-likeness (QED) is 0.643. The van der Waals surface area contributed by atoms with Gasteiger partial charge in [0.15, 0.2) is 5.17 Å². The highest BCUT2D eigenvalue weighted by molar-refractivity contribution is 8.15. The number of amidine groups is 1. The first kappa shape index (κ1) is 16.2. The summed E-state index contributed by atoms with van der Waals surface area (Å²) in [4.78, 5) is 22.2. The molecule has 1 aliphatic heterocycles. The summed E-state index contributed by atoms with van der Waals surface area (Å²) in [7, 11) is 0. The zero-order valence-electron chi connectivity index (χ0n) is 12.3. The second kappa shape index (κ2) is 7.22. The number of aliphatic carboxylic acids is 1. The number of nitrogens with one attached hydrogen (secondary N) is 1. The Kier molecular flexibility index (Phi) is 5.32. The van der Waals surface area contributed by atoms with Gasteiger partial charge in [-0.2, -0.15) is 5.10 Å². The number of aryl methyl sites for hydroxylation is 1. The van der Waals surface area contributed by atoms with Crippen molar-refractivity contribution < 1.29 is 14.7 Å². The topological polar surface area (TPSA) is 94.0 Å². The molecule has 6 nitrogen and oxygen atoms in total. The zero-order chi connectivity index (χ0) is 16.1. The van der Waals surface area contributed by atoms with Crippen molar-refractivity contribution in [1.29, 1.82) is 0 Å². The zero-order valence-corrected chi connectivity index (χ0v) is 13.1. The van der Waals surface area contributed by atoms with Crippen molar-refractivity contribution in [2.24, 2.45) is 10.2 Å². The molecule has 0 saturated carbocycles. The van der Waals surface area contributed by atoms with Crippen LogP contribution in [-0.2, 0) is 9.59 Å². The van der Waals surface area contributed by atoms with Crippen molar-refractivity contribution in [3.63, 3.8) is 0 Å². The fourth-order valence-electron chi connectivity index (χ4n) is 1.92. The van der Waals surface area contributed by atoms with E-state index in [9.17, 15) is 14.7 Å². The fourth-order valence-corrected chi connectivity index (χ4v) is 2.82. The highest BCUT2D eigenvalue weighted by Gasteiger charge is 2.30. The standard InChI is InChI=1S/C15H17N3O3S/c1-3-11(10-6-4-9(2)5-7-10)17-18-15-16-14(21)12(22-15)8-13(19)20/h4-7,12H,3,8H2,1-2H3,(H,19,20)(H,16,18,21)/p-1/b17-11-/t12-/m1/s1. The van der Waals surface area contributed by atoms with Gasteiger partial charge in [-0.1, -0.05) is 48.5 Å². The van der Waals surface area contributed by atoms with E-state index < -0.39 is 11.2 Å². The molecule has 116 valence electrons. The van der Waals surface area contributed by atoms with E-state index in [2.05, 4.69) is 15.5 Å². The monoisotopic (exact) mass is 318 g/mol. The first-order valence-electron chi connectivity index (χ1n) is 6.88. The average molecular weight is 318 g/mol. The van der Waals surface area contributed by atoms with Crippen molar-refractivity contribution >= 4 is 34.5 Å². The van der Waals surface area contributed by atoms with Crippen LogP contribution >= 0.6 is 11.8 Å². The minimum absolute atomic E-state index is 0.314. The summed E-state index contributed by atoms with van der Waals surface area (Å²) < 4.78 is 0. The maximum atomic E-state index is 11.6. The molecule has 2 rings (SSSR count). The summed E-state index contributed by atoms with van der Waals surface area (Å²) in [6.07, 6.45) is 0.360. The third-order valence-corrected chi connectivity index (χ3v) is 4.18. The Morgan fingerprint density at radius 3 is 2.64 bits per heavy atom. The predicted octanol–water partition coefficient (Wildman–Crippen LogP) is 0.837. The molecule has 0 spiro atoms. The molecule has 0 unspecified atom stereocenters. The van der Waals surface area contributed by atoms with Gasteiger partial charge in [0.25, 0.3) is 0 Å². The third-order valence-electron chi connectivity index (χ3n) is 3.11. The van der Waals surface area contributed by atoms with Crippen LogP contribution in [0.1, 0.15) is 30.9 Å². The van der Waals surface area contributed by atoms with Gasteiger partial charge in [0.05, 0.1) is 11.0 Å². The van der Waals surface area contributed by atoms with E-state index in [0.717, 1.165) is 28.6 Å². The number of hydrogen-bond acceptors (Lipinski definition) is 6. The van der Waals surface area contributed by atoms with Crippen LogP contribution in [0.25, 0.3) is 0 Å². The molecule has 22 heavy (non-hydrogen) atoms. The lowest BCUT2D eigenvalue weighted by Gasteiger charge is -2.04. The van der Waals surface area contributed by atoms with Crippen LogP contribution in [-0.4, -0.2) is 28.0 Å². The van der Waals surface area contributed by atoms with E-state index >= 15 is 0 Å². The lowest BCUT2D eigenvalue weighted by Crippen LogP contribution is -2.31. The van der Waals surface area contributed by atoms with Crippen LogP contribution < -0.4 is 10.4 Å². The molecule has 1 aromatic rings. The first-order valence-corrected chi connectivity index (χ1v) is 7.76. The molecular formula is C15H16N3O3S-. The number of carbonyl (C=O) groups is 2. The number of benzene rings is 1.